The highest BCUT2D eigenvalue weighted by Gasteiger charge is 2.38. The molecule has 0 aliphatic carbocycles. The minimum atomic E-state index is -1.22. The molecule has 1 aliphatic rings. The van der Waals surface area contributed by atoms with Crippen LogP contribution >= 0.6 is 0 Å². The Bertz CT molecular complexity index is 1290. The lowest BCUT2D eigenvalue weighted by Crippen LogP contribution is -2.45. The second kappa shape index (κ2) is 14.5. The van der Waals surface area contributed by atoms with Crippen molar-refractivity contribution in [2.75, 3.05) is 51.4 Å². The predicted molar refractivity (Wildman–Crippen MR) is 148 cm³/mol. The Morgan fingerprint density at radius 3 is 2.90 bits per heavy atom. The van der Waals surface area contributed by atoms with Crippen molar-refractivity contribution in [3.05, 3.63) is 53.7 Å². The molecule has 204 valence electrons. The van der Waals surface area contributed by atoms with Gasteiger partial charge < -0.3 is 25.8 Å². The average Bonchev–Trinajstić information content (AvgIpc) is 3.32. The molecule has 39 heavy (non-hydrogen) atoms. The van der Waals surface area contributed by atoms with Crippen molar-refractivity contribution in [1.29, 1.82) is 5.26 Å². The Labute approximate surface area is 228 Å². The molecule has 1 aromatic heterocycles. The number of anilines is 3. The van der Waals surface area contributed by atoms with Gasteiger partial charge in [0.25, 0.3) is 0 Å². The molecule has 3 N–H and O–H groups in total. The number of amides is 2. The van der Waals surface area contributed by atoms with Crippen molar-refractivity contribution in [2.24, 2.45) is 0 Å². The zero-order valence-corrected chi connectivity index (χ0v) is 22.4. The number of halogens is 1. The number of carbonyl (C=O) groups is 2. The standard InChI is InChI=1S/C28H33FN8O2/c1-31-26-21(18-33-28(35-26)34-23-11-7-9-20(15-23)17-30)10-5-4-6-13-32-27(39)24-16-22(29)19-37(24)25(38)12-8-14-36(2)3/h7-9,11-12,15,18,22,24H,4,6,13-14,16,19H2,1-3H3,(H,32,39)(H2,31,33,34,35)/t22-,24-/m0/s1. The summed E-state index contributed by atoms with van der Waals surface area (Å²) in [6, 6.07) is 8.29. The van der Waals surface area contributed by atoms with Gasteiger partial charge in [-0.05, 0) is 38.7 Å². The lowest BCUT2D eigenvalue weighted by atomic mass is 10.2. The van der Waals surface area contributed by atoms with E-state index >= 15 is 0 Å². The van der Waals surface area contributed by atoms with Crippen LogP contribution in [0.2, 0.25) is 0 Å². The van der Waals surface area contributed by atoms with Gasteiger partial charge in [0.05, 0.1) is 29.9 Å². The first-order valence-electron chi connectivity index (χ1n) is 12.6. The zero-order chi connectivity index (χ0) is 28.2. The Morgan fingerprint density at radius 2 is 2.15 bits per heavy atom. The molecule has 1 fully saturated rings. The highest BCUT2D eigenvalue weighted by molar-refractivity contribution is 5.93. The van der Waals surface area contributed by atoms with Crippen LogP contribution in [0, 0.1) is 23.2 Å². The smallest absolute Gasteiger partial charge is 0.247 e. The number of aromatic nitrogens is 2. The largest absolute Gasteiger partial charge is 0.372 e. The van der Waals surface area contributed by atoms with E-state index in [0.29, 0.717) is 54.5 Å². The Kier molecular flexibility index (Phi) is 10.8. The molecule has 1 aromatic carbocycles. The number of hydrogen-bond acceptors (Lipinski definition) is 8. The summed E-state index contributed by atoms with van der Waals surface area (Å²) in [5.41, 5.74) is 1.85. The second-order valence-electron chi connectivity index (χ2n) is 9.22. The van der Waals surface area contributed by atoms with Crippen LogP contribution in [0.3, 0.4) is 0 Å². The molecule has 0 spiro atoms. The summed E-state index contributed by atoms with van der Waals surface area (Å²) in [6.45, 7) is 0.863. The fourth-order valence-corrected chi connectivity index (χ4v) is 3.92. The normalized spacial score (nSPS) is 16.5. The molecule has 0 bridgehead atoms. The number of nitriles is 1. The van der Waals surface area contributed by atoms with Crippen molar-refractivity contribution in [2.45, 2.75) is 31.5 Å². The van der Waals surface area contributed by atoms with E-state index in [9.17, 15) is 14.0 Å². The number of likely N-dealkylation sites (N-methyl/N-ethyl adjacent to an activating group) is 1. The molecule has 2 atom stereocenters. The SMILES string of the molecule is CNc1nc(Nc2cccc(C#N)c2)ncc1C#CCCCNC(=O)[C@@H]1C[C@H](F)CN1C(=O)C=CCN(C)C. The van der Waals surface area contributed by atoms with Gasteiger partial charge in [0.15, 0.2) is 0 Å². The fraction of sp³-hybridized carbons (Fsp3) is 0.393. The topological polar surface area (TPSA) is 126 Å². The number of likely N-dealkylation sites (tertiary alicyclic amines) is 1. The van der Waals surface area contributed by atoms with E-state index < -0.39 is 12.2 Å². The van der Waals surface area contributed by atoms with Gasteiger partial charge in [0, 0.05) is 44.7 Å². The minimum Gasteiger partial charge on any atom is -0.372 e. The van der Waals surface area contributed by atoms with Gasteiger partial charge >= 0.3 is 0 Å². The van der Waals surface area contributed by atoms with Gasteiger partial charge in [-0.25, -0.2) is 9.37 Å². The monoisotopic (exact) mass is 532 g/mol. The summed E-state index contributed by atoms with van der Waals surface area (Å²) >= 11 is 0. The van der Waals surface area contributed by atoms with Crippen LogP contribution in [0.25, 0.3) is 0 Å². The van der Waals surface area contributed by atoms with Crippen LogP contribution < -0.4 is 16.0 Å². The molecule has 1 aliphatic heterocycles. The van der Waals surface area contributed by atoms with E-state index in [4.69, 9.17) is 5.26 Å². The average molecular weight is 533 g/mol. The molecule has 11 heteroatoms. The molecule has 2 aromatic rings. The Hall–Kier alpha value is -4.48. The number of hydrogen-bond donors (Lipinski definition) is 3. The summed E-state index contributed by atoms with van der Waals surface area (Å²) in [4.78, 5) is 37.0. The van der Waals surface area contributed by atoms with Gasteiger partial charge in [0.2, 0.25) is 17.8 Å². The molecular formula is C28H33FN8O2. The van der Waals surface area contributed by atoms with E-state index in [1.54, 1.807) is 37.5 Å². The van der Waals surface area contributed by atoms with Crippen LogP contribution in [0.15, 0.2) is 42.6 Å². The number of nitrogens with one attached hydrogen (secondary N) is 3. The van der Waals surface area contributed by atoms with Crippen LogP contribution in [0.4, 0.5) is 21.8 Å². The summed E-state index contributed by atoms with van der Waals surface area (Å²) in [5.74, 6) is 6.30. The Morgan fingerprint density at radius 1 is 1.33 bits per heavy atom. The van der Waals surface area contributed by atoms with E-state index in [-0.39, 0.29) is 24.8 Å². The van der Waals surface area contributed by atoms with Crippen molar-refractivity contribution in [3.8, 4) is 17.9 Å². The second-order valence-corrected chi connectivity index (χ2v) is 9.22. The maximum Gasteiger partial charge on any atom is 0.247 e. The van der Waals surface area contributed by atoms with Crippen LogP contribution in [-0.4, -0.2) is 84.6 Å². The van der Waals surface area contributed by atoms with Crippen LogP contribution in [0.1, 0.15) is 30.4 Å². The number of rotatable bonds is 10. The molecule has 2 heterocycles. The number of alkyl halides is 1. The fourth-order valence-electron chi connectivity index (χ4n) is 3.92. The minimum absolute atomic E-state index is 0.000303. The van der Waals surface area contributed by atoms with Crippen molar-refractivity contribution < 1.29 is 14.0 Å². The molecule has 0 unspecified atom stereocenters. The summed E-state index contributed by atoms with van der Waals surface area (Å²) in [6.07, 6.45) is 4.58. The lowest BCUT2D eigenvalue weighted by Gasteiger charge is -2.22. The summed E-state index contributed by atoms with van der Waals surface area (Å²) in [7, 11) is 5.49. The highest BCUT2D eigenvalue weighted by atomic mass is 19.1. The number of nitrogens with zero attached hydrogens (tertiary/aromatic N) is 5. The van der Waals surface area contributed by atoms with E-state index in [0.717, 1.165) is 0 Å². The zero-order valence-electron chi connectivity index (χ0n) is 22.4. The van der Waals surface area contributed by atoms with E-state index in [1.807, 2.05) is 25.1 Å². The van der Waals surface area contributed by atoms with Crippen molar-refractivity contribution >= 4 is 29.3 Å². The molecule has 3 rings (SSSR count). The molecule has 0 radical (unpaired) electrons. The summed E-state index contributed by atoms with van der Waals surface area (Å²) in [5, 5.41) is 17.9. The number of carbonyl (C=O) groups excluding carboxylic acids is 2. The molecule has 0 saturated carbocycles. The first kappa shape index (κ1) is 29.1. The summed E-state index contributed by atoms with van der Waals surface area (Å²) < 4.78 is 14.0. The third kappa shape index (κ3) is 8.80. The number of unbranched alkanes of at least 4 members (excludes halogenated alkanes) is 1. The third-order valence-corrected chi connectivity index (χ3v) is 5.84. The highest BCUT2D eigenvalue weighted by Crippen LogP contribution is 2.21. The maximum absolute atomic E-state index is 14.0. The molecular weight excluding hydrogens is 499 g/mol. The van der Waals surface area contributed by atoms with Crippen molar-refractivity contribution in [1.82, 2.24) is 25.1 Å². The van der Waals surface area contributed by atoms with E-state index in [1.165, 1.54) is 11.0 Å². The van der Waals surface area contributed by atoms with Crippen molar-refractivity contribution in [3.63, 3.8) is 0 Å². The lowest BCUT2D eigenvalue weighted by molar-refractivity contribution is -0.135. The predicted octanol–water partition coefficient (Wildman–Crippen LogP) is 2.44. The van der Waals surface area contributed by atoms with Crippen LogP contribution in [-0.2, 0) is 9.59 Å². The van der Waals surface area contributed by atoms with Gasteiger partial charge in [-0.1, -0.05) is 24.0 Å². The third-order valence-electron chi connectivity index (χ3n) is 5.84. The van der Waals surface area contributed by atoms with Gasteiger partial charge in [-0.2, -0.15) is 10.2 Å². The van der Waals surface area contributed by atoms with Gasteiger partial charge in [-0.15, -0.1) is 0 Å². The number of benzene rings is 1. The van der Waals surface area contributed by atoms with Gasteiger partial charge in [-0.3, -0.25) is 9.59 Å². The molecule has 2 amide bonds. The first-order chi connectivity index (χ1) is 18.8. The molecule has 10 nitrogen and oxygen atoms in total. The maximum atomic E-state index is 14.0. The first-order valence-corrected chi connectivity index (χ1v) is 12.6. The molecule has 1 saturated heterocycles. The quantitative estimate of drug-likeness (QED) is 0.242. The van der Waals surface area contributed by atoms with Crippen LogP contribution in [0.5, 0.6) is 0 Å². The van der Waals surface area contributed by atoms with E-state index in [2.05, 4.69) is 43.8 Å². The van der Waals surface area contributed by atoms with Gasteiger partial charge in [0.1, 0.15) is 18.0 Å². The Balaban J connectivity index is 1.49.